The molecule has 2 aromatic rings. The van der Waals surface area contributed by atoms with Gasteiger partial charge in [0.25, 0.3) is 5.91 Å². The number of nitrogens with two attached hydrogens (primary N) is 1. The molecule has 1 amide bonds. The Hall–Kier alpha value is -1.71. The molecule has 5 heteroatoms. The van der Waals surface area contributed by atoms with Crippen LogP contribution in [0.1, 0.15) is 15.9 Å². The minimum Gasteiger partial charge on any atom is -0.399 e. The molecule has 0 saturated carbocycles. The quantitative estimate of drug-likeness (QED) is 0.851. The summed E-state index contributed by atoms with van der Waals surface area (Å²) in [5.74, 6) is -0.196. The van der Waals surface area contributed by atoms with Crippen LogP contribution in [0.2, 0.25) is 10.0 Å². The Labute approximate surface area is 121 Å². The first kappa shape index (κ1) is 13.7. The molecule has 0 aromatic heterocycles. The largest absolute Gasteiger partial charge is 0.399 e. The molecule has 0 spiro atoms. The van der Waals surface area contributed by atoms with Crippen molar-refractivity contribution in [1.29, 1.82) is 0 Å². The van der Waals surface area contributed by atoms with Crippen molar-refractivity contribution in [3.63, 3.8) is 0 Å². The van der Waals surface area contributed by atoms with E-state index in [1.165, 1.54) is 0 Å². The molecule has 3 nitrogen and oxygen atoms in total. The van der Waals surface area contributed by atoms with Gasteiger partial charge in [-0.2, -0.15) is 0 Å². The molecule has 0 aliphatic carbocycles. The molecule has 19 heavy (non-hydrogen) atoms. The van der Waals surface area contributed by atoms with Crippen molar-refractivity contribution in [3.8, 4) is 0 Å². The van der Waals surface area contributed by atoms with Crippen molar-refractivity contribution in [2.45, 2.75) is 6.54 Å². The Morgan fingerprint density at radius 2 is 1.95 bits per heavy atom. The normalized spacial score (nSPS) is 10.2. The third-order valence-electron chi connectivity index (χ3n) is 2.60. The number of nitrogens with one attached hydrogen (secondary N) is 1. The molecular formula is C14H12Cl2N2O. The number of amides is 1. The van der Waals surface area contributed by atoms with Gasteiger partial charge in [-0.15, -0.1) is 0 Å². The van der Waals surface area contributed by atoms with Crippen LogP contribution >= 0.6 is 23.2 Å². The van der Waals surface area contributed by atoms with Crippen LogP contribution in [0.3, 0.4) is 0 Å². The van der Waals surface area contributed by atoms with Gasteiger partial charge in [-0.3, -0.25) is 4.79 Å². The highest BCUT2D eigenvalue weighted by Crippen LogP contribution is 2.20. The number of hydrogen-bond acceptors (Lipinski definition) is 2. The lowest BCUT2D eigenvalue weighted by Crippen LogP contribution is -2.23. The summed E-state index contributed by atoms with van der Waals surface area (Å²) >= 11 is 11.8. The fourth-order valence-corrected chi connectivity index (χ4v) is 2.10. The van der Waals surface area contributed by atoms with Gasteiger partial charge in [0.2, 0.25) is 0 Å². The number of nitrogen functional groups attached to an aromatic ring is 1. The van der Waals surface area contributed by atoms with Crippen LogP contribution in [0.25, 0.3) is 0 Å². The molecule has 3 N–H and O–H groups in total. The van der Waals surface area contributed by atoms with E-state index >= 15 is 0 Å². The fourth-order valence-electron chi connectivity index (χ4n) is 1.62. The summed E-state index contributed by atoms with van der Waals surface area (Å²) in [7, 11) is 0. The Bertz CT molecular complexity index is 614. The van der Waals surface area contributed by atoms with E-state index in [1.807, 2.05) is 0 Å². The molecule has 0 saturated heterocycles. The number of anilines is 1. The molecule has 2 aromatic carbocycles. The smallest absolute Gasteiger partial charge is 0.251 e. The maximum absolute atomic E-state index is 11.9. The lowest BCUT2D eigenvalue weighted by atomic mass is 10.1. The van der Waals surface area contributed by atoms with Crippen molar-refractivity contribution in [1.82, 2.24) is 5.32 Å². The van der Waals surface area contributed by atoms with Crippen LogP contribution in [0.15, 0.2) is 42.5 Å². The van der Waals surface area contributed by atoms with E-state index in [0.29, 0.717) is 27.8 Å². The van der Waals surface area contributed by atoms with E-state index in [2.05, 4.69) is 5.32 Å². The first-order valence-corrected chi connectivity index (χ1v) is 6.39. The number of halogens is 2. The summed E-state index contributed by atoms with van der Waals surface area (Å²) in [6, 6.07) is 11.9. The van der Waals surface area contributed by atoms with Gasteiger partial charge in [0.1, 0.15) is 0 Å². The standard InChI is InChI=1S/C14H12Cl2N2O/c15-11-5-4-10(13(16)7-11)8-18-14(19)9-2-1-3-12(17)6-9/h1-7H,8,17H2,(H,18,19). The summed E-state index contributed by atoms with van der Waals surface area (Å²) in [4.78, 5) is 11.9. The van der Waals surface area contributed by atoms with Crippen molar-refractivity contribution < 1.29 is 4.79 Å². The molecule has 0 bridgehead atoms. The highest BCUT2D eigenvalue weighted by molar-refractivity contribution is 6.35. The monoisotopic (exact) mass is 294 g/mol. The zero-order chi connectivity index (χ0) is 13.8. The summed E-state index contributed by atoms with van der Waals surface area (Å²) in [6.45, 7) is 0.337. The molecule has 0 atom stereocenters. The maximum Gasteiger partial charge on any atom is 0.251 e. The molecule has 2 rings (SSSR count). The first-order chi connectivity index (χ1) is 9.06. The molecular weight excluding hydrogens is 283 g/mol. The maximum atomic E-state index is 11.9. The van der Waals surface area contributed by atoms with Crippen LogP contribution in [-0.2, 0) is 6.54 Å². The highest BCUT2D eigenvalue weighted by Gasteiger charge is 2.07. The SMILES string of the molecule is Nc1cccc(C(=O)NCc2ccc(Cl)cc2Cl)c1. The molecule has 0 aliphatic rings. The Kier molecular flexibility index (Phi) is 4.30. The average Bonchev–Trinajstić information content (AvgIpc) is 2.37. The molecule has 0 heterocycles. The minimum absolute atomic E-state index is 0.196. The van der Waals surface area contributed by atoms with Crippen LogP contribution < -0.4 is 11.1 Å². The summed E-state index contributed by atoms with van der Waals surface area (Å²) in [5.41, 5.74) is 7.51. The van der Waals surface area contributed by atoms with Crippen molar-refractivity contribution in [2.75, 3.05) is 5.73 Å². The summed E-state index contributed by atoms with van der Waals surface area (Å²) in [6.07, 6.45) is 0. The lowest BCUT2D eigenvalue weighted by molar-refractivity contribution is 0.0951. The molecule has 98 valence electrons. The molecule has 0 unspecified atom stereocenters. The number of hydrogen-bond donors (Lipinski definition) is 2. The van der Waals surface area contributed by atoms with Crippen molar-refractivity contribution in [3.05, 3.63) is 63.6 Å². The lowest BCUT2D eigenvalue weighted by Gasteiger charge is -2.07. The average molecular weight is 295 g/mol. The summed E-state index contributed by atoms with van der Waals surface area (Å²) < 4.78 is 0. The topological polar surface area (TPSA) is 55.1 Å². The van der Waals surface area contributed by atoms with E-state index in [9.17, 15) is 4.79 Å². The van der Waals surface area contributed by atoms with Crippen LogP contribution in [-0.4, -0.2) is 5.91 Å². The van der Waals surface area contributed by atoms with E-state index in [4.69, 9.17) is 28.9 Å². The van der Waals surface area contributed by atoms with Gasteiger partial charge in [0, 0.05) is 27.8 Å². The predicted octanol–water partition coefficient (Wildman–Crippen LogP) is 3.51. The van der Waals surface area contributed by atoms with Crippen LogP contribution in [0.5, 0.6) is 0 Å². The third kappa shape index (κ3) is 3.63. The molecule has 0 radical (unpaired) electrons. The van der Waals surface area contributed by atoms with Gasteiger partial charge in [0.15, 0.2) is 0 Å². The van der Waals surface area contributed by atoms with Crippen molar-refractivity contribution >= 4 is 34.8 Å². The van der Waals surface area contributed by atoms with Gasteiger partial charge in [-0.1, -0.05) is 35.3 Å². The Balaban J connectivity index is 2.04. The summed E-state index contributed by atoms with van der Waals surface area (Å²) in [5, 5.41) is 3.87. The van der Waals surface area contributed by atoms with Crippen LogP contribution in [0, 0.1) is 0 Å². The van der Waals surface area contributed by atoms with E-state index < -0.39 is 0 Å². The number of carbonyl (C=O) groups is 1. The highest BCUT2D eigenvalue weighted by atomic mass is 35.5. The zero-order valence-corrected chi connectivity index (χ0v) is 11.5. The van der Waals surface area contributed by atoms with Crippen molar-refractivity contribution in [2.24, 2.45) is 0 Å². The zero-order valence-electron chi connectivity index (χ0n) is 9.99. The third-order valence-corrected chi connectivity index (χ3v) is 3.19. The predicted molar refractivity (Wildman–Crippen MR) is 78.5 cm³/mol. The van der Waals surface area contributed by atoms with E-state index in [1.54, 1.807) is 42.5 Å². The van der Waals surface area contributed by atoms with Crippen LogP contribution in [0.4, 0.5) is 5.69 Å². The second kappa shape index (κ2) is 5.95. The Morgan fingerprint density at radius 3 is 2.63 bits per heavy atom. The Morgan fingerprint density at radius 1 is 1.16 bits per heavy atom. The second-order valence-electron chi connectivity index (χ2n) is 4.04. The van der Waals surface area contributed by atoms with Gasteiger partial charge < -0.3 is 11.1 Å². The first-order valence-electron chi connectivity index (χ1n) is 5.64. The van der Waals surface area contributed by atoms with E-state index in [-0.39, 0.29) is 5.91 Å². The second-order valence-corrected chi connectivity index (χ2v) is 4.89. The molecule has 0 fully saturated rings. The molecule has 0 aliphatic heterocycles. The van der Waals surface area contributed by atoms with Gasteiger partial charge >= 0.3 is 0 Å². The fraction of sp³-hybridized carbons (Fsp3) is 0.0714. The van der Waals surface area contributed by atoms with Gasteiger partial charge in [-0.25, -0.2) is 0 Å². The minimum atomic E-state index is -0.196. The van der Waals surface area contributed by atoms with E-state index in [0.717, 1.165) is 5.56 Å². The number of benzene rings is 2. The van der Waals surface area contributed by atoms with Gasteiger partial charge in [-0.05, 0) is 35.9 Å². The number of carbonyl (C=O) groups excluding carboxylic acids is 1. The van der Waals surface area contributed by atoms with Gasteiger partial charge in [0.05, 0.1) is 0 Å². The number of rotatable bonds is 3.